The Morgan fingerprint density at radius 1 is 1.14 bits per heavy atom. The van der Waals surface area contributed by atoms with Crippen LogP contribution in [0.3, 0.4) is 0 Å². The second-order valence-electron chi connectivity index (χ2n) is 8.21. The van der Waals surface area contributed by atoms with Crippen LogP contribution < -0.4 is 15.9 Å². The van der Waals surface area contributed by atoms with E-state index in [9.17, 15) is 9.18 Å². The molecule has 0 unspecified atom stereocenters. The summed E-state index contributed by atoms with van der Waals surface area (Å²) < 4.78 is 13.8. The van der Waals surface area contributed by atoms with E-state index in [1.807, 2.05) is 19.1 Å². The lowest BCUT2D eigenvalue weighted by Crippen LogP contribution is -2.35. The number of benzene rings is 2. The minimum atomic E-state index is -0.195. The van der Waals surface area contributed by atoms with Crippen molar-refractivity contribution in [3.05, 3.63) is 63.9 Å². The fourth-order valence-electron chi connectivity index (χ4n) is 4.73. The average molecular weight is 413 g/mol. The summed E-state index contributed by atoms with van der Waals surface area (Å²) in [5.41, 5.74) is 2.13. The molecule has 1 amide bonds. The highest BCUT2D eigenvalue weighted by Crippen LogP contribution is 2.38. The van der Waals surface area contributed by atoms with Crippen LogP contribution in [-0.4, -0.2) is 12.5 Å². The summed E-state index contributed by atoms with van der Waals surface area (Å²) in [6.07, 6.45) is 5.05. The van der Waals surface area contributed by atoms with E-state index in [1.165, 1.54) is 11.6 Å². The number of hydrogen-bond acceptors (Lipinski definition) is 2. The molecule has 29 heavy (non-hydrogen) atoms. The van der Waals surface area contributed by atoms with E-state index in [4.69, 9.17) is 11.6 Å². The number of fused-ring (bicyclic) bond motifs is 1. The van der Waals surface area contributed by atoms with Crippen LogP contribution >= 0.6 is 11.6 Å². The maximum absolute atomic E-state index is 13.8. The first-order valence-corrected chi connectivity index (χ1v) is 10.8. The number of hydrogen-bond donors (Lipinski definition) is 1. The lowest BCUT2D eigenvalue weighted by molar-refractivity contribution is -0.121. The van der Waals surface area contributed by atoms with Gasteiger partial charge in [0.2, 0.25) is 5.91 Å². The van der Waals surface area contributed by atoms with Crippen LogP contribution in [0.2, 0.25) is 5.02 Å². The second-order valence-corrected chi connectivity index (χ2v) is 8.65. The van der Waals surface area contributed by atoms with Crippen molar-refractivity contribution in [3.63, 3.8) is 0 Å². The Bertz CT molecular complexity index is 1010. The van der Waals surface area contributed by atoms with Crippen LogP contribution in [0.25, 0.3) is 5.57 Å². The molecule has 1 aliphatic heterocycles. The fraction of sp³-hybridized carbons (Fsp3) is 0.417. The van der Waals surface area contributed by atoms with Gasteiger partial charge in [-0.3, -0.25) is 9.79 Å². The number of carbonyl (C=O) groups excluding carboxylic acids is 1. The monoisotopic (exact) mass is 412 g/mol. The molecule has 1 fully saturated rings. The molecule has 1 N–H and O–H groups in total. The summed E-state index contributed by atoms with van der Waals surface area (Å²) in [5.74, 6) is 0.669. The largest absolute Gasteiger partial charge is 0.326 e. The first-order chi connectivity index (χ1) is 14.0. The predicted octanol–water partition coefficient (Wildman–Crippen LogP) is 4.73. The maximum atomic E-state index is 13.8. The van der Waals surface area contributed by atoms with Crippen LogP contribution in [-0.2, 0) is 4.79 Å². The van der Waals surface area contributed by atoms with Crippen molar-refractivity contribution in [2.75, 3.05) is 11.9 Å². The van der Waals surface area contributed by atoms with Crippen molar-refractivity contribution < 1.29 is 9.18 Å². The van der Waals surface area contributed by atoms with E-state index in [-0.39, 0.29) is 17.6 Å². The quantitative estimate of drug-likeness (QED) is 0.774. The smallest absolute Gasteiger partial charge is 0.227 e. The van der Waals surface area contributed by atoms with Crippen LogP contribution in [0.4, 0.5) is 10.1 Å². The average Bonchev–Trinajstić information content (AvgIpc) is 2.74. The molecule has 0 spiro atoms. The standard InChI is InChI=1S/C24H26ClFN2O/c1-15(24(29)28-20-9-6-18(25)7-10-20)16-2-4-17(5-3-16)21-12-13-27-23-11-8-19(26)14-22(21)23/h6-11,14-17H,2-5,12-13H2,1H3,(H,28,29)/t15-,16?,17?/m1/s1. The molecular formula is C24H26ClFN2O. The van der Waals surface area contributed by atoms with Crippen molar-refractivity contribution in [2.45, 2.75) is 39.0 Å². The topological polar surface area (TPSA) is 41.5 Å². The van der Waals surface area contributed by atoms with Crippen molar-refractivity contribution in [1.82, 2.24) is 0 Å². The van der Waals surface area contributed by atoms with Crippen molar-refractivity contribution in [3.8, 4) is 0 Å². The number of nitrogens with one attached hydrogen (secondary N) is 1. The number of carbonyl (C=O) groups is 1. The summed E-state index contributed by atoms with van der Waals surface area (Å²) in [6, 6.07) is 12.1. The van der Waals surface area contributed by atoms with E-state index >= 15 is 0 Å². The summed E-state index contributed by atoms with van der Waals surface area (Å²) in [5, 5.41) is 5.57. The van der Waals surface area contributed by atoms with Crippen molar-refractivity contribution >= 4 is 28.8 Å². The third-order valence-corrected chi connectivity index (χ3v) is 6.72. The number of rotatable bonds is 4. The molecule has 2 aromatic rings. The third kappa shape index (κ3) is 4.53. The summed E-state index contributed by atoms with van der Waals surface area (Å²) >= 11 is 5.91. The first kappa shape index (κ1) is 20.1. The lowest BCUT2D eigenvalue weighted by Gasteiger charge is -2.33. The summed E-state index contributed by atoms with van der Waals surface area (Å²) in [6.45, 7) is 2.81. The van der Waals surface area contributed by atoms with Gasteiger partial charge < -0.3 is 5.32 Å². The molecule has 152 valence electrons. The third-order valence-electron chi connectivity index (χ3n) is 6.46. The molecular weight excluding hydrogens is 387 g/mol. The molecule has 0 bridgehead atoms. The van der Waals surface area contributed by atoms with Crippen LogP contribution in [0.5, 0.6) is 0 Å². The van der Waals surface area contributed by atoms with E-state index in [0.29, 0.717) is 16.9 Å². The number of nitrogens with zero attached hydrogens (tertiary/aromatic N) is 1. The van der Waals surface area contributed by atoms with Gasteiger partial charge in [0.15, 0.2) is 0 Å². The molecule has 4 rings (SSSR count). The van der Waals surface area contributed by atoms with E-state index < -0.39 is 0 Å². The second kappa shape index (κ2) is 8.66. The summed E-state index contributed by atoms with van der Waals surface area (Å²) in [7, 11) is 0. The van der Waals surface area contributed by atoms with Gasteiger partial charge in [0, 0.05) is 28.4 Å². The zero-order valence-electron chi connectivity index (χ0n) is 16.6. The Morgan fingerprint density at radius 2 is 1.86 bits per heavy atom. The highest BCUT2D eigenvalue weighted by molar-refractivity contribution is 6.30. The molecule has 0 radical (unpaired) electrons. The Hall–Kier alpha value is -2.20. The van der Waals surface area contributed by atoms with Gasteiger partial charge in [-0.05, 0) is 86.4 Å². The molecule has 2 aromatic carbocycles. The zero-order valence-corrected chi connectivity index (χ0v) is 17.4. The molecule has 1 heterocycles. The molecule has 1 aliphatic carbocycles. The van der Waals surface area contributed by atoms with Crippen molar-refractivity contribution in [2.24, 2.45) is 22.7 Å². The van der Waals surface area contributed by atoms with Gasteiger partial charge in [-0.25, -0.2) is 4.39 Å². The van der Waals surface area contributed by atoms with E-state index in [2.05, 4.69) is 10.3 Å². The normalized spacial score (nSPS) is 22.4. The molecule has 0 saturated heterocycles. The van der Waals surface area contributed by atoms with Gasteiger partial charge in [-0.2, -0.15) is 0 Å². The molecule has 5 heteroatoms. The summed E-state index contributed by atoms with van der Waals surface area (Å²) in [4.78, 5) is 17.2. The number of anilines is 1. The first-order valence-electron chi connectivity index (χ1n) is 10.4. The Balaban J connectivity index is 1.41. The Kier molecular flexibility index (Phi) is 6.00. The predicted molar refractivity (Wildman–Crippen MR) is 115 cm³/mol. The fourth-order valence-corrected chi connectivity index (χ4v) is 4.86. The minimum Gasteiger partial charge on any atom is -0.326 e. The van der Waals surface area contributed by atoms with Gasteiger partial charge in [0.05, 0.1) is 5.36 Å². The number of halogens is 2. The van der Waals surface area contributed by atoms with Crippen LogP contribution in [0.15, 0.2) is 47.5 Å². The van der Waals surface area contributed by atoms with Gasteiger partial charge >= 0.3 is 0 Å². The molecule has 3 nitrogen and oxygen atoms in total. The van der Waals surface area contributed by atoms with Gasteiger partial charge in [-0.1, -0.05) is 24.1 Å². The van der Waals surface area contributed by atoms with Crippen LogP contribution in [0, 0.1) is 23.6 Å². The highest BCUT2D eigenvalue weighted by atomic mass is 35.5. The van der Waals surface area contributed by atoms with Crippen molar-refractivity contribution in [1.29, 1.82) is 0 Å². The SMILES string of the molecule is C[C@@H](C(=O)Nc1ccc(Cl)cc1)C1CCC(C2=c3cc(F)ccc3=NCC2)CC1. The highest BCUT2D eigenvalue weighted by Gasteiger charge is 2.31. The van der Waals surface area contributed by atoms with Gasteiger partial charge in [-0.15, -0.1) is 0 Å². The maximum Gasteiger partial charge on any atom is 0.227 e. The zero-order chi connectivity index (χ0) is 20.4. The van der Waals surface area contributed by atoms with E-state index in [1.54, 1.807) is 24.3 Å². The van der Waals surface area contributed by atoms with Crippen LogP contribution in [0.1, 0.15) is 39.0 Å². The molecule has 2 aliphatic rings. The lowest BCUT2D eigenvalue weighted by atomic mass is 9.72. The minimum absolute atomic E-state index is 0.0392. The molecule has 0 aromatic heterocycles. The van der Waals surface area contributed by atoms with E-state index in [0.717, 1.165) is 54.9 Å². The molecule has 1 atom stereocenters. The van der Waals surface area contributed by atoms with Gasteiger partial charge in [0.1, 0.15) is 5.82 Å². The number of amides is 1. The Labute approximate surface area is 175 Å². The van der Waals surface area contributed by atoms with Gasteiger partial charge in [0.25, 0.3) is 0 Å². The molecule has 1 saturated carbocycles. The Morgan fingerprint density at radius 3 is 2.59 bits per heavy atom.